The highest BCUT2D eigenvalue weighted by molar-refractivity contribution is 7.91. The largest absolute Gasteiger partial charge is 0.505 e. The summed E-state index contributed by atoms with van der Waals surface area (Å²) in [5.74, 6) is -0.0351. The lowest BCUT2D eigenvalue weighted by molar-refractivity contribution is 0.482. The van der Waals surface area contributed by atoms with Crippen molar-refractivity contribution in [3.05, 3.63) is 71.8 Å². The van der Waals surface area contributed by atoms with Crippen LogP contribution in [0.3, 0.4) is 0 Å². The number of rotatable bonds is 10. The van der Waals surface area contributed by atoms with E-state index in [2.05, 4.69) is 20.5 Å². The van der Waals surface area contributed by atoms with E-state index in [1.165, 1.54) is 24.3 Å². The van der Waals surface area contributed by atoms with Gasteiger partial charge in [0.05, 0.1) is 43.7 Å². The maximum atomic E-state index is 12.3. The molecule has 220 valence electrons. The Labute approximate surface area is 245 Å². The van der Waals surface area contributed by atoms with Gasteiger partial charge in [0.15, 0.2) is 25.4 Å². The number of aryl methyl sites for hydroxylation is 2. The molecule has 42 heavy (non-hydrogen) atoms. The van der Waals surface area contributed by atoms with Crippen molar-refractivity contribution in [1.29, 1.82) is 0 Å². The van der Waals surface area contributed by atoms with Gasteiger partial charge in [0.25, 0.3) is 0 Å². The molecular weight excluding hydrogens is 574 g/mol. The number of hydrogen-bond acceptors (Lipinski definition) is 10. The molecule has 4 aromatic carbocycles. The van der Waals surface area contributed by atoms with Crippen molar-refractivity contribution in [3.63, 3.8) is 0 Å². The van der Waals surface area contributed by atoms with Crippen LogP contribution in [0.5, 0.6) is 5.75 Å². The highest BCUT2D eigenvalue weighted by atomic mass is 32.2. The number of benzene rings is 4. The summed E-state index contributed by atoms with van der Waals surface area (Å²) in [5, 5.41) is 29.2. The van der Waals surface area contributed by atoms with Crippen LogP contribution in [-0.2, 0) is 19.7 Å². The molecule has 0 bridgehead atoms. The summed E-state index contributed by atoms with van der Waals surface area (Å²) in [6, 6.07) is 15.9. The van der Waals surface area contributed by atoms with Gasteiger partial charge in [-0.25, -0.2) is 16.8 Å². The highest BCUT2D eigenvalue weighted by Gasteiger charge is 2.18. The van der Waals surface area contributed by atoms with E-state index in [0.717, 1.165) is 5.56 Å². The van der Waals surface area contributed by atoms with E-state index in [1.54, 1.807) is 31.2 Å². The Balaban J connectivity index is 1.67. The van der Waals surface area contributed by atoms with Gasteiger partial charge in [0.1, 0.15) is 11.4 Å². The van der Waals surface area contributed by atoms with E-state index in [4.69, 9.17) is 5.73 Å². The second kappa shape index (κ2) is 12.4. The van der Waals surface area contributed by atoms with Crippen LogP contribution >= 0.6 is 0 Å². The standard InChI is InChI=1S/C30H33N5O5S2/c1-5-15-41(37,38)24-11-7-22(8-12-24)32-34-28-19(3)17-21-18-20(4)29(30(36)26(21)27(28)31)35-33-23-9-13-25(14-10-23)42(39,40)16-6-2/h7-14,17-18,36H,5-6,15-16,31H2,1-4H3. The first-order chi connectivity index (χ1) is 19.9. The number of nitrogen functional groups attached to an aromatic ring is 1. The van der Waals surface area contributed by atoms with Crippen molar-refractivity contribution in [1.82, 2.24) is 0 Å². The van der Waals surface area contributed by atoms with Crippen LogP contribution < -0.4 is 5.73 Å². The molecule has 3 N–H and O–H groups in total. The first kappa shape index (κ1) is 30.8. The van der Waals surface area contributed by atoms with Gasteiger partial charge in [-0.1, -0.05) is 13.8 Å². The number of aromatic hydroxyl groups is 1. The number of fused-ring (bicyclic) bond motifs is 1. The predicted molar refractivity (Wildman–Crippen MR) is 165 cm³/mol. The Hall–Kier alpha value is -4.16. The number of nitrogens with two attached hydrogens (primary N) is 1. The Morgan fingerprint density at radius 1 is 0.667 bits per heavy atom. The van der Waals surface area contributed by atoms with E-state index in [1.807, 2.05) is 32.9 Å². The lowest BCUT2D eigenvalue weighted by atomic mass is 9.99. The monoisotopic (exact) mass is 607 g/mol. The summed E-state index contributed by atoms with van der Waals surface area (Å²) in [7, 11) is -6.68. The van der Waals surface area contributed by atoms with Gasteiger partial charge in [-0.15, -0.1) is 10.2 Å². The second-order valence-corrected chi connectivity index (χ2v) is 14.2. The number of anilines is 1. The van der Waals surface area contributed by atoms with Crippen LogP contribution in [0.1, 0.15) is 37.8 Å². The molecule has 0 aliphatic heterocycles. The zero-order chi connectivity index (χ0) is 30.7. The first-order valence-electron chi connectivity index (χ1n) is 13.4. The Bertz CT molecular complexity index is 1770. The molecule has 4 rings (SSSR count). The molecule has 0 aliphatic carbocycles. The molecule has 4 aromatic rings. The minimum atomic E-state index is -3.34. The fourth-order valence-electron chi connectivity index (χ4n) is 4.53. The summed E-state index contributed by atoms with van der Waals surface area (Å²) in [6.45, 7) is 7.23. The third kappa shape index (κ3) is 6.50. The fourth-order valence-corrected chi connectivity index (χ4v) is 7.18. The van der Waals surface area contributed by atoms with Gasteiger partial charge in [0, 0.05) is 0 Å². The molecule has 0 saturated carbocycles. The Morgan fingerprint density at radius 3 is 1.50 bits per heavy atom. The molecule has 0 atom stereocenters. The Morgan fingerprint density at radius 2 is 1.07 bits per heavy atom. The lowest BCUT2D eigenvalue weighted by Crippen LogP contribution is -2.05. The second-order valence-electron chi connectivity index (χ2n) is 9.97. The zero-order valence-corrected chi connectivity index (χ0v) is 25.5. The number of hydrogen-bond donors (Lipinski definition) is 2. The molecule has 0 saturated heterocycles. The molecule has 0 unspecified atom stereocenters. The van der Waals surface area contributed by atoms with Crippen LogP contribution in [0.25, 0.3) is 10.8 Å². The van der Waals surface area contributed by atoms with Gasteiger partial charge in [0.2, 0.25) is 0 Å². The summed E-state index contributed by atoms with van der Waals surface area (Å²) >= 11 is 0. The molecule has 0 aromatic heterocycles. The molecule has 0 aliphatic rings. The van der Waals surface area contributed by atoms with Crippen molar-refractivity contribution in [3.8, 4) is 5.75 Å². The normalized spacial score (nSPS) is 12.6. The lowest BCUT2D eigenvalue weighted by Gasteiger charge is -2.13. The molecule has 0 amide bonds. The van der Waals surface area contributed by atoms with Crippen molar-refractivity contribution in [2.75, 3.05) is 17.2 Å². The Kier molecular flexibility index (Phi) is 9.07. The highest BCUT2D eigenvalue weighted by Crippen LogP contribution is 2.45. The summed E-state index contributed by atoms with van der Waals surface area (Å²) in [6.07, 6.45) is 1.05. The van der Waals surface area contributed by atoms with E-state index < -0.39 is 19.7 Å². The third-order valence-corrected chi connectivity index (χ3v) is 10.5. The minimum Gasteiger partial charge on any atom is -0.505 e. The zero-order valence-electron chi connectivity index (χ0n) is 23.9. The molecule has 0 radical (unpaired) electrons. The predicted octanol–water partition coefficient (Wildman–Crippen LogP) is 7.94. The topological polar surface area (TPSA) is 164 Å². The summed E-state index contributed by atoms with van der Waals surface area (Å²) in [5.41, 5.74) is 9.53. The number of phenolic OH excluding ortho intramolecular Hbond substituents is 1. The van der Waals surface area contributed by atoms with Gasteiger partial charge in [-0.3, -0.25) is 0 Å². The average Bonchev–Trinajstić information content (AvgIpc) is 2.93. The smallest absolute Gasteiger partial charge is 0.178 e. The fraction of sp³-hybridized carbons (Fsp3) is 0.267. The van der Waals surface area contributed by atoms with E-state index in [0.29, 0.717) is 46.2 Å². The summed E-state index contributed by atoms with van der Waals surface area (Å²) in [4.78, 5) is 0.444. The molecule has 0 heterocycles. The third-order valence-electron chi connectivity index (χ3n) is 6.63. The van der Waals surface area contributed by atoms with E-state index in [9.17, 15) is 21.9 Å². The van der Waals surface area contributed by atoms with Crippen molar-refractivity contribution in [2.24, 2.45) is 20.5 Å². The van der Waals surface area contributed by atoms with Gasteiger partial charge >= 0.3 is 0 Å². The van der Waals surface area contributed by atoms with Gasteiger partial charge in [-0.2, -0.15) is 10.2 Å². The molecule has 12 heteroatoms. The van der Waals surface area contributed by atoms with Crippen LogP contribution in [0.4, 0.5) is 28.4 Å². The quantitative estimate of drug-likeness (QED) is 0.137. The van der Waals surface area contributed by atoms with Crippen LogP contribution in [0, 0.1) is 13.8 Å². The van der Waals surface area contributed by atoms with Crippen LogP contribution in [0.2, 0.25) is 0 Å². The van der Waals surface area contributed by atoms with Crippen LogP contribution in [0.15, 0.2) is 90.9 Å². The van der Waals surface area contributed by atoms with Crippen molar-refractivity contribution in [2.45, 2.75) is 50.3 Å². The number of nitrogens with zero attached hydrogens (tertiary/aromatic N) is 4. The molecule has 0 fully saturated rings. The first-order valence-corrected chi connectivity index (χ1v) is 16.7. The molecular formula is C30H33N5O5S2. The van der Waals surface area contributed by atoms with E-state index >= 15 is 0 Å². The van der Waals surface area contributed by atoms with Crippen molar-refractivity contribution >= 4 is 58.9 Å². The number of phenols is 1. The maximum absolute atomic E-state index is 12.3. The number of azo groups is 2. The number of sulfone groups is 2. The SMILES string of the molecule is CCCS(=O)(=O)c1ccc(N=Nc2c(C)cc3cc(C)c(N=Nc4ccc(S(=O)(=O)CCC)cc4)c(O)c3c2N)cc1. The van der Waals surface area contributed by atoms with E-state index in [-0.39, 0.29) is 38.4 Å². The van der Waals surface area contributed by atoms with Crippen LogP contribution in [-0.4, -0.2) is 33.4 Å². The summed E-state index contributed by atoms with van der Waals surface area (Å²) < 4.78 is 49.1. The maximum Gasteiger partial charge on any atom is 0.178 e. The molecule has 0 spiro atoms. The van der Waals surface area contributed by atoms with Crippen molar-refractivity contribution < 1.29 is 21.9 Å². The van der Waals surface area contributed by atoms with Gasteiger partial charge in [-0.05, 0) is 104 Å². The minimum absolute atomic E-state index is 0.0656. The van der Waals surface area contributed by atoms with Gasteiger partial charge < -0.3 is 10.8 Å². The average molecular weight is 608 g/mol. The molecule has 10 nitrogen and oxygen atoms in total.